The van der Waals surface area contributed by atoms with E-state index in [9.17, 15) is 0 Å². The summed E-state index contributed by atoms with van der Waals surface area (Å²) in [7, 11) is 0. The number of anilines is 1. The van der Waals surface area contributed by atoms with E-state index in [1.165, 1.54) is 56.0 Å². The quantitative estimate of drug-likeness (QED) is 0.194. The summed E-state index contributed by atoms with van der Waals surface area (Å²) >= 11 is 0. The molecule has 54 heavy (non-hydrogen) atoms. The van der Waals surface area contributed by atoms with E-state index in [0.717, 1.165) is 40.5 Å². The molecule has 0 fully saturated rings. The Bertz CT molecular complexity index is 2680. The van der Waals surface area contributed by atoms with E-state index < -0.39 is 0 Å². The Hall–Kier alpha value is -6.13. The number of rotatable bonds is 5. The minimum atomic E-state index is 0.00699. The van der Waals surface area contributed by atoms with Crippen molar-refractivity contribution in [3.63, 3.8) is 0 Å². The van der Waals surface area contributed by atoms with Gasteiger partial charge in [-0.3, -0.25) is 4.98 Å². The fourth-order valence-corrected chi connectivity index (χ4v) is 9.80. The highest BCUT2D eigenvalue weighted by Crippen LogP contribution is 2.52. The molecule has 264 valence electrons. The first-order valence-corrected chi connectivity index (χ1v) is 19.3. The van der Waals surface area contributed by atoms with Crippen LogP contribution in [0.1, 0.15) is 39.2 Å². The van der Waals surface area contributed by atoms with Crippen molar-refractivity contribution in [2.45, 2.75) is 46.6 Å². The molecule has 4 nitrogen and oxygen atoms in total. The van der Waals surface area contributed by atoms with E-state index in [-0.39, 0.29) is 11.5 Å². The van der Waals surface area contributed by atoms with Gasteiger partial charge in [0.25, 0.3) is 0 Å². The average molecular weight is 701 g/mol. The van der Waals surface area contributed by atoms with E-state index >= 15 is 0 Å². The Kier molecular flexibility index (Phi) is 7.52. The lowest BCUT2D eigenvalue weighted by molar-refractivity contribution is 0.421. The number of dihydropyridines is 1. The molecule has 6 aromatic rings. The van der Waals surface area contributed by atoms with Crippen molar-refractivity contribution in [2.75, 3.05) is 4.90 Å². The molecular formula is C50H44N4. The van der Waals surface area contributed by atoms with Crippen molar-refractivity contribution in [2.24, 2.45) is 11.3 Å². The van der Waals surface area contributed by atoms with Gasteiger partial charge in [-0.05, 0) is 139 Å². The number of pyridine rings is 1. The summed E-state index contributed by atoms with van der Waals surface area (Å²) in [5, 5.41) is 4.88. The molecule has 2 aliphatic heterocycles. The van der Waals surface area contributed by atoms with Crippen molar-refractivity contribution < 1.29 is 0 Å². The highest BCUT2D eigenvalue weighted by molar-refractivity contribution is 6.08. The lowest BCUT2D eigenvalue weighted by Crippen LogP contribution is -2.34. The largest absolute Gasteiger partial charge is 0.379 e. The molecule has 1 N–H and O–H groups in total. The average Bonchev–Trinajstić information content (AvgIpc) is 3.70. The Balaban J connectivity index is 0.963. The van der Waals surface area contributed by atoms with Gasteiger partial charge in [0.2, 0.25) is 0 Å². The van der Waals surface area contributed by atoms with E-state index in [1.807, 2.05) is 12.3 Å². The van der Waals surface area contributed by atoms with Crippen LogP contribution in [-0.2, 0) is 0 Å². The monoisotopic (exact) mass is 700 g/mol. The second-order valence-corrected chi connectivity index (χ2v) is 15.7. The van der Waals surface area contributed by atoms with Crippen molar-refractivity contribution in [3.8, 4) is 27.9 Å². The molecule has 4 aliphatic rings. The van der Waals surface area contributed by atoms with Gasteiger partial charge in [-0.15, -0.1) is 0 Å². The molecule has 0 bridgehead atoms. The number of aryl methyl sites for hydroxylation is 1. The molecular weight excluding hydrogens is 657 g/mol. The highest BCUT2D eigenvalue weighted by atomic mass is 15.2. The molecule has 0 amide bonds. The molecule has 4 heteroatoms. The minimum Gasteiger partial charge on any atom is -0.379 e. The normalized spacial score (nSPS) is 21.9. The number of aromatic nitrogens is 2. The zero-order valence-electron chi connectivity index (χ0n) is 31.3. The van der Waals surface area contributed by atoms with Crippen LogP contribution in [0, 0.1) is 18.3 Å². The Morgan fingerprint density at radius 2 is 1.56 bits per heavy atom. The molecule has 3 unspecified atom stereocenters. The first-order chi connectivity index (χ1) is 26.4. The second-order valence-electron chi connectivity index (χ2n) is 15.7. The summed E-state index contributed by atoms with van der Waals surface area (Å²) in [5.74, 6) is 0.552. The van der Waals surface area contributed by atoms with Gasteiger partial charge in [0.1, 0.15) is 0 Å². The summed E-state index contributed by atoms with van der Waals surface area (Å²) in [6.45, 7) is 9.29. The molecule has 0 radical (unpaired) electrons. The first-order valence-electron chi connectivity index (χ1n) is 19.3. The fraction of sp³-hybridized carbons (Fsp3) is 0.180. The molecule has 4 aromatic carbocycles. The van der Waals surface area contributed by atoms with Crippen LogP contribution >= 0.6 is 0 Å². The van der Waals surface area contributed by atoms with Gasteiger partial charge in [-0.25, -0.2) is 0 Å². The second kappa shape index (κ2) is 12.5. The van der Waals surface area contributed by atoms with Crippen molar-refractivity contribution >= 4 is 27.6 Å². The van der Waals surface area contributed by atoms with Crippen LogP contribution in [0.4, 0.5) is 5.69 Å². The zero-order chi connectivity index (χ0) is 36.6. The third-order valence-corrected chi connectivity index (χ3v) is 12.2. The standard InChI is InChI=1S/C50H44N4/c1-32-10-5-6-13-40(32)37-20-25-43-41(30-37)48-45(14-8-28-51-48)53(43)38-21-16-35(17-22-38)36-18-23-39(24-19-36)54-44-26-27-50(4,47-33(2)11-7-12-34(47)3)31-42(44)49-46(54)15-9-29-52-49/h5-11,13-30,34,49,52H,12,31H2,1-4H3. The number of allylic oxidation sites excluding steroid dienone is 8. The third-order valence-electron chi connectivity index (χ3n) is 12.2. The van der Waals surface area contributed by atoms with E-state index in [4.69, 9.17) is 4.98 Å². The summed E-state index contributed by atoms with van der Waals surface area (Å²) in [6, 6.07) is 37.8. The van der Waals surface area contributed by atoms with Crippen LogP contribution in [0.5, 0.6) is 0 Å². The summed E-state index contributed by atoms with van der Waals surface area (Å²) in [6.07, 6.45) is 20.1. The number of nitrogens with zero attached hydrogens (tertiary/aromatic N) is 3. The first kappa shape index (κ1) is 32.5. The molecule has 2 aromatic heterocycles. The zero-order valence-corrected chi connectivity index (χ0v) is 31.3. The molecule has 10 rings (SSSR count). The van der Waals surface area contributed by atoms with Crippen LogP contribution in [0.25, 0.3) is 49.9 Å². The highest BCUT2D eigenvalue weighted by Gasteiger charge is 2.43. The molecule has 4 heterocycles. The maximum absolute atomic E-state index is 4.86. The fourth-order valence-electron chi connectivity index (χ4n) is 9.80. The molecule has 2 aliphatic carbocycles. The molecule has 0 saturated heterocycles. The van der Waals surface area contributed by atoms with Gasteiger partial charge < -0.3 is 14.8 Å². The van der Waals surface area contributed by atoms with Crippen LogP contribution in [0.2, 0.25) is 0 Å². The Labute approximate surface area is 317 Å². The summed E-state index contributed by atoms with van der Waals surface area (Å²) in [4.78, 5) is 7.32. The Morgan fingerprint density at radius 3 is 2.33 bits per heavy atom. The van der Waals surface area contributed by atoms with Crippen LogP contribution < -0.4 is 10.2 Å². The van der Waals surface area contributed by atoms with Gasteiger partial charge in [0.15, 0.2) is 0 Å². The molecule has 3 atom stereocenters. The van der Waals surface area contributed by atoms with Crippen LogP contribution in [0.3, 0.4) is 0 Å². The number of fused-ring (bicyclic) bond motifs is 5. The lowest BCUT2D eigenvalue weighted by Gasteiger charge is -2.39. The van der Waals surface area contributed by atoms with Crippen LogP contribution in [0.15, 0.2) is 180 Å². The topological polar surface area (TPSA) is 33.1 Å². The van der Waals surface area contributed by atoms with E-state index in [0.29, 0.717) is 5.92 Å². The van der Waals surface area contributed by atoms with Crippen molar-refractivity contribution in [1.29, 1.82) is 0 Å². The summed E-state index contributed by atoms with van der Waals surface area (Å²) in [5.41, 5.74) is 18.8. The number of hydrogen-bond acceptors (Lipinski definition) is 3. The minimum absolute atomic E-state index is 0.00699. The van der Waals surface area contributed by atoms with Crippen molar-refractivity contribution in [1.82, 2.24) is 14.9 Å². The number of nitrogens with one attached hydrogen (secondary N) is 1. The maximum atomic E-state index is 4.86. The summed E-state index contributed by atoms with van der Waals surface area (Å²) < 4.78 is 2.34. The molecule has 0 spiro atoms. The van der Waals surface area contributed by atoms with Gasteiger partial charge in [0.05, 0.1) is 22.6 Å². The van der Waals surface area contributed by atoms with Gasteiger partial charge in [-0.2, -0.15) is 0 Å². The lowest BCUT2D eigenvalue weighted by atomic mass is 9.66. The van der Waals surface area contributed by atoms with Crippen molar-refractivity contribution in [3.05, 3.63) is 186 Å². The van der Waals surface area contributed by atoms with Gasteiger partial charge in [-0.1, -0.05) is 97.8 Å². The van der Waals surface area contributed by atoms with Gasteiger partial charge >= 0.3 is 0 Å². The van der Waals surface area contributed by atoms with E-state index in [1.54, 1.807) is 5.57 Å². The van der Waals surface area contributed by atoms with Crippen LogP contribution in [-0.4, -0.2) is 15.6 Å². The smallest absolute Gasteiger partial charge is 0.0963 e. The predicted octanol–water partition coefficient (Wildman–Crippen LogP) is 12.1. The molecule has 0 saturated carbocycles. The van der Waals surface area contributed by atoms with Gasteiger partial charge in [0, 0.05) is 39.8 Å². The predicted molar refractivity (Wildman–Crippen MR) is 225 cm³/mol. The number of benzene rings is 4. The SMILES string of the molecule is CC1=C(C2(C)C=CC3=C(C2)C2NC=CC=C2N3c2ccc(-c3ccc(-n4c5ccc(-c6ccccc6C)cc5c5ncccc54)cc3)cc2)C(C)CC=C1. The number of hydrogen-bond donors (Lipinski definition) is 1. The maximum Gasteiger partial charge on any atom is 0.0963 e. The third kappa shape index (κ3) is 5.08. The van der Waals surface area contributed by atoms with E-state index in [2.05, 4.69) is 182 Å². The Morgan fingerprint density at radius 1 is 0.796 bits per heavy atom.